The van der Waals surface area contributed by atoms with Gasteiger partial charge in [0.15, 0.2) is 0 Å². The number of anilines is 3. The maximum atomic E-state index is 13.3. The summed E-state index contributed by atoms with van der Waals surface area (Å²) in [6, 6.07) is 29.9. The van der Waals surface area contributed by atoms with E-state index >= 15 is 0 Å². The van der Waals surface area contributed by atoms with Crippen molar-refractivity contribution >= 4 is 34.4 Å². The Bertz CT molecular complexity index is 1430. The van der Waals surface area contributed by atoms with Gasteiger partial charge in [0.1, 0.15) is 11.5 Å². The summed E-state index contributed by atoms with van der Waals surface area (Å²) in [6.07, 6.45) is 3.50. The van der Waals surface area contributed by atoms with E-state index in [0.717, 1.165) is 28.1 Å². The lowest BCUT2D eigenvalue weighted by molar-refractivity contribution is -0.112. The van der Waals surface area contributed by atoms with E-state index in [1.54, 1.807) is 28.9 Å². The van der Waals surface area contributed by atoms with Crippen LogP contribution >= 0.6 is 0 Å². The minimum Gasteiger partial charge on any atom is -0.340 e. The average Bonchev–Trinajstić information content (AvgIpc) is 3.25. The number of pyridine rings is 2. The number of hydrogen-bond acceptors (Lipinski definition) is 4. The third-order valence-electron chi connectivity index (χ3n) is 5.27. The van der Waals surface area contributed by atoms with Crippen LogP contribution in [0.3, 0.4) is 0 Å². The van der Waals surface area contributed by atoms with Gasteiger partial charge in [0.05, 0.1) is 0 Å². The van der Waals surface area contributed by atoms with Crippen molar-refractivity contribution in [3.8, 4) is 11.1 Å². The Balaban J connectivity index is 1.39. The number of ketones is 1. The molecule has 2 N–H and O–H groups in total. The number of fused-ring (bicyclic) bond motifs is 1. The fourth-order valence-corrected chi connectivity index (χ4v) is 3.71. The zero-order chi connectivity index (χ0) is 22.6. The van der Waals surface area contributed by atoms with E-state index in [1.807, 2.05) is 84.9 Å². The van der Waals surface area contributed by atoms with Gasteiger partial charge in [-0.25, -0.2) is 4.98 Å². The number of rotatable bonds is 6. The van der Waals surface area contributed by atoms with E-state index in [1.165, 1.54) is 0 Å². The van der Waals surface area contributed by atoms with Crippen molar-refractivity contribution in [2.75, 3.05) is 10.6 Å². The largest absolute Gasteiger partial charge is 0.340 e. The Morgan fingerprint density at radius 1 is 0.758 bits per heavy atom. The van der Waals surface area contributed by atoms with Crippen molar-refractivity contribution < 1.29 is 9.59 Å². The van der Waals surface area contributed by atoms with E-state index in [-0.39, 0.29) is 0 Å². The van der Waals surface area contributed by atoms with E-state index in [2.05, 4.69) is 15.6 Å². The smallest absolute Gasteiger partial charge is 0.298 e. The molecule has 0 atom stereocenters. The Kier molecular flexibility index (Phi) is 5.39. The van der Waals surface area contributed by atoms with Crippen LogP contribution < -0.4 is 10.6 Å². The molecular formula is C27H20N4O2. The molecule has 3 heterocycles. The molecule has 0 fully saturated rings. The first-order valence-electron chi connectivity index (χ1n) is 10.5. The molecule has 6 heteroatoms. The van der Waals surface area contributed by atoms with E-state index in [9.17, 15) is 9.59 Å². The summed E-state index contributed by atoms with van der Waals surface area (Å²) in [6.45, 7) is 0. The second kappa shape index (κ2) is 8.80. The fraction of sp³-hybridized carbons (Fsp3) is 0. The lowest BCUT2D eigenvalue weighted by Gasteiger charge is -2.09. The maximum absolute atomic E-state index is 13.3. The number of aromatic nitrogens is 2. The molecule has 160 valence electrons. The molecule has 6 nitrogen and oxygen atoms in total. The summed E-state index contributed by atoms with van der Waals surface area (Å²) in [5.41, 5.74) is 4.13. The number of nitrogens with one attached hydrogen (secondary N) is 2. The van der Waals surface area contributed by atoms with E-state index in [0.29, 0.717) is 11.4 Å². The molecule has 0 saturated carbocycles. The summed E-state index contributed by atoms with van der Waals surface area (Å²) >= 11 is 0. The topological polar surface area (TPSA) is 75.5 Å². The van der Waals surface area contributed by atoms with Crippen molar-refractivity contribution in [3.63, 3.8) is 0 Å². The molecule has 0 aliphatic heterocycles. The number of carbonyl (C=O) groups excluding carboxylic acids is 2. The van der Waals surface area contributed by atoms with Crippen LogP contribution in [0.1, 0.15) is 10.5 Å². The number of benzene rings is 2. The SMILES string of the molecule is O=C(Nc1ccc(Nc2ccccn2)cc1)C(=O)c1c(-c2ccccc2)cc2ccccn12. The second-order valence-electron chi connectivity index (χ2n) is 7.47. The molecule has 33 heavy (non-hydrogen) atoms. The van der Waals surface area contributed by atoms with E-state index in [4.69, 9.17) is 0 Å². The van der Waals surface area contributed by atoms with Crippen LogP contribution in [0.5, 0.6) is 0 Å². The van der Waals surface area contributed by atoms with Crippen molar-refractivity contribution in [3.05, 3.63) is 115 Å². The Morgan fingerprint density at radius 2 is 1.48 bits per heavy atom. The first-order valence-corrected chi connectivity index (χ1v) is 10.5. The highest BCUT2D eigenvalue weighted by atomic mass is 16.2. The van der Waals surface area contributed by atoms with Crippen LogP contribution in [-0.4, -0.2) is 21.1 Å². The number of amides is 1. The van der Waals surface area contributed by atoms with Gasteiger partial charge in [-0.05, 0) is 60.2 Å². The molecule has 0 unspecified atom stereocenters. The van der Waals surface area contributed by atoms with Gasteiger partial charge >= 0.3 is 0 Å². The Labute approximate surface area is 190 Å². The first kappa shape index (κ1) is 20.2. The van der Waals surface area contributed by atoms with Crippen LogP contribution in [0.15, 0.2) is 109 Å². The molecule has 0 radical (unpaired) electrons. The zero-order valence-electron chi connectivity index (χ0n) is 17.6. The van der Waals surface area contributed by atoms with Crippen LogP contribution in [0.2, 0.25) is 0 Å². The minimum atomic E-state index is -0.693. The molecule has 1 amide bonds. The van der Waals surface area contributed by atoms with Crippen molar-refractivity contribution in [2.24, 2.45) is 0 Å². The molecule has 0 bridgehead atoms. The molecular weight excluding hydrogens is 412 g/mol. The summed E-state index contributed by atoms with van der Waals surface area (Å²) in [4.78, 5) is 30.4. The van der Waals surface area contributed by atoms with Crippen LogP contribution in [-0.2, 0) is 4.79 Å². The van der Waals surface area contributed by atoms with Crippen LogP contribution in [0.4, 0.5) is 17.2 Å². The quantitative estimate of drug-likeness (QED) is 0.272. The van der Waals surface area contributed by atoms with Gasteiger partial charge in [-0.15, -0.1) is 0 Å². The molecule has 0 aliphatic rings. The monoisotopic (exact) mass is 432 g/mol. The third-order valence-corrected chi connectivity index (χ3v) is 5.27. The highest BCUT2D eigenvalue weighted by Gasteiger charge is 2.24. The van der Waals surface area contributed by atoms with Crippen molar-refractivity contribution in [1.29, 1.82) is 0 Å². The highest BCUT2D eigenvalue weighted by Crippen LogP contribution is 2.28. The summed E-state index contributed by atoms with van der Waals surface area (Å²) in [5.74, 6) is -0.574. The molecule has 0 spiro atoms. The van der Waals surface area contributed by atoms with Gasteiger partial charge in [0.25, 0.3) is 11.7 Å². The predicted molar refractivity (Wildman–Crippen MR) is 130 cm³/mol. The van der Waals surface area contributed by atoms with Gasteiger partial charge in [-0.2, -0.15) is 0 Å². The normalized spacial score (nSPS) is 10.7. The van der Waals surface area contributed by atoms with E-state index < -0.39 is 11.7 Å². The average molecular weight is 432 g/mol. The zero-order valence-corrected chi connectivity index (χ0v) is 17.6. The van der Waals surface area contributed by atoms with Gasteiger partial charge in [-0.3, -0.25) is 9.59 Å². The third kappa shape index (κ3) is 4.22. The van der Waals surface area contributed by atoms with Crippen molar-refractivity contribution in [2.45, 2.75) is 0 Å². The molecule has 3 aromatic heterocycles. The van der Waals surface area contributed by atoms with Gasteiger partial charge in [0.2, 0.25) is 0 Å². The summed E-state index contributed by atoms with van der Waals surface area (Å²) in [7, 11) is 0. The lowest BCUT2D eigenvalue weighted by Crippen LogP contribution is -2.24. The van der Waals surface area contributed by atoms with Gasteiger partial charge < -0.3 is 15.0 Å². The van der Waals surface area contributed by atoms with Crippen molar-refractivity contribution in [1.82, 2.24) is 9.38 Å². The predicted octanol–water partition coefficient (Wildman–Crippen LogP) is 5.57. The summed E-state index contributed by atoms with van der Waals surface area (Å²) < 4.78 is 1.75. The standard InChI is InChI=1S/C27H20N4O2/c32-26(25-23(19-8-2-1-3-9-19)18-22-10-5-7-17-31(22)25)27(33)30-21-14-12-20(13-15-21)29-24-11-4-6-16-28-24/h1-18H,(H,28,29)(H,30,33). The molecule has 2 aromatic carbocycles. The second-order valence-corrected chi connectivity index (χ2v) is 7.47. The van der Waals surface area contributed by atoms with Crippen LogP contribution in [0.25, 0.3) is 16.6 Å². The minimum absolute atomic E-state index is 0.336. The molecule has 0 aliphatic carbocycles. The Hall–Kier alpha value is -4.71. The van der Waals surface area contributed by atoms with Crippen LogP contribution in [0, 0.1) is 0 Å². The lowest BCUT2D eigenvalue weighted by atomic mass is 10.0. The molecule has 0 saturated heterocycles. The maximum Gasteiger partial charge on any atom is 0.298 e. The number of Topliss-reactive ketones (excluding diaryl/α,β-unsaturated/α-hetero) is 1. The number of nitrogens with zero attached hydrogens (tertiary/aromatic N) is 2. The Morgan fingerprint density at radius 3 is 2.24 bits per heavy atom. The molecule has 5 rings (SSSR count). The van der Waals surface area contributed by atoms with Gasteiger partial charge in [-0.1, -0.05) is 42.5 Å². The first-order chi connectivity index (χ1) is 16.2. The fourth-order valence-electron chi connectivity index (χ4n) is 3.71. The molecule has 5 aromatic rings. The highest BCUT2D eigenvalue weighted by molar-refractivity contribution is 6.47. The number of hydrogen-bond donors (Lipinski definition) is 2. The number of carbonyl (C=O) groups is 2. The summed E-state index contributed by atoms with van der Waals surface area (Å²) in [5, 5.41) is 5.90. The van der Waals surface area contributed by atoms with Gasteiger partial charge in [0, 0.05) is 34.8 Å².